The van der Waals surface area contributed by atoms with Crippen molar-refractivity contribution in [2.45, 2.75) is 51.2 Å². The van der Waals surface area contributed by atoms with Crippen LogP contribution in [0.3, 0.4) is 0 Å². The fourth-order valence-corrected chi connectivity index (χ4v) is 2.69. The fourth-order valence-electron chi connectivity index (χ4n) is 2.69. The van der Waals surface area contributed by atoms with Crippen LogP contribution in [0.2, 0.25) is 0 Å². The molecule has 0 aromatic carbocycles. The number of amides is 2. The Morgan fingerprint density at radius 3 is 2.91 bits per heavy atom. The Kier molecular flexibility index (Phi) is 7.16. The van der Waals surface area contributed by atoms with E-state index in [9.17, 15) is 4.79 Å². The van der Waals surface area contributed by atoms with Crippen LogP contribution in [0.5, 0.6) is 0 Å². The Hall–Kier alpha value is -1.62. The average Bonchev–Trinajstić information content (AvgIpc) is 2.56. The van der Waals surface area contributed by atoms with Crippen molar-refractivity contribution in [1.29, 1.82) is 0 Å². The molecule has 2 amide bonds. The molecule has 0 radical (unpaired) electrons. The van der Waals surface area contributed by atoms with Crippen molar-refractivity contribution < 1.29 is 9.53 Å². The van der Waals surface area contributed by atoms with Crippen LogP contribution in [0.1, 0.15) is 44.2 Å². The number of carbonyl (C=O) groups excluding carboxylic acids is 1. The minimum absolute atomic E-state index is 0.0664. The Morgan fingerprint density at radius 1 is 1.36 bits per heavy atom. The maximum atomic E-state index is 12.0. The highest BCUT2D eigenvalue weighted by Gasteiger charge is 2.13. The van der Waals surface area contributed by atoms with Crippen molar-refractivity contribution >= 4 is 6.03 Å². The van der Waals surface area contributed by atoms with E-state index in [0.29, 0.717) is 19.2 Å². The van der Waals surface area contributed by atoms with Gasteiger partial charge in [-0.05, 0) is 31.4 Å². The van der Waals surface area contributed by atoms with Gasteiger partial charge in [0.1, 0.15) is 0 Å². The molecule has 1 aliphatic carbocycles. The number of carbonyl (C=O) groups is 1. The van der Waals surface area contributed by atoms with Gasteiger partial charge in [0, 0.05) is 26.4 Å². The fraction of sp³-hybridized carbons (Fsp3) is 0.647. The molecule has 122 valence electrons. The number of pyridine rings is 1. The van der Waals surface area contributed by atoms with E-state index in [1.807, 2.05) is 18.2 Å². The second kappa shape index (κ2) is 9.41. The molecule has 1 aromatic heterocycles. The van der Waals surface area contributed by atoms with Gasteiger partial charge in [-0.25, -0.2) is 4.79 Å². The van der Waals surface area contributed by atoms with E-state index < -0.39 is 0 Å². The number of urea groups is 1. The van der Waals surface area contributed by atoms with Gasteiger partial charge in [0.05, 0.1) is 18.3 Å². The van der Waals surface area contributed by atoms with Crippen LogP contribution in [0.25, 0.3) is 0 Å². The van der Waals surface area contributed by atoms with E-state index in [2.05, 4.69) is 10.3 Å². The molecule has 1 aliphatic rings. The van der Waals surface area contributed by atoms with Crippen LogP contribution in [-0.4, -0.2) is 42.2 Å². The van der Waals surface area contributed by atoms with Crippen molar-refractivity contribution in [2.24, 2.45) is 0 Å². The minimum Gasteiger partial charge on any atom is -0.378 e. The molecule has 0 bridgehead atoms. The summed E-state index contributed by atoms with van der Waals surface area (Å²) in [5.74, 6) is 0. The van der Waals surface area contributed by atoms with Gasteiger partial charge in [-0.15, -0.1) is 0 Å². The summed E-state index contributed by atoms with van der Waals surface area (Å²) in [6, 6.07) is 5.65. The van der Waals surface area contributed by atoms with Gasteiger partial charge in [0.25, 0.3) is 0 Å². The van der Waals surface area contributed by atoms with Gasteiger partial charge >= 0.3 is 6.03 Å². The zero-order chi connectivity index (χ0) is 15.6. The quantitative estimate of drug-likeness (QED) is 0.788. The normalized spacial score (nSPS) is 15.5. The highest BCUT2D eigenvalue weighted by atomic mass is 16.5. The van der Waals surface area contributed by atoms with E-state index >= 15 is 0 Å². The predicted octanol–water partition coefficient (Wildman–Crippen LogP) is 2.96. The lowest BCUT2D eigenvalue weighted by molar-refractivity contribution is 0.0275. The smallest absolute Gasteiger partial charge is 0.317 e. The lowest BCUT2D eigenvalue weighted by atomic mass is 9.98. The number of hydrogen-bond acceptors (Lipinski definition) is 3. The molecule has 0 atom stereocenters. The van der Waals surface area contributed by atoms with Crippen LogP contribution < -0.4 is 5.32 Å². The van der Waals surface area contributed by atoms with Crippen LogP contribution in [0, 0.1) is 0 Å². The molecule has 1 heterocycles. The summed E-state index contributed by atoms with van der Waals surface area (Å²) in [6.07, 6.45) is 9.36. The van der Waals surface area contributed by atoms with Crippen molar-refractivity contribution in [1.82, 2.24) is 15.2 Å². The van der Waals surface area contributed by atoms with Crippen LogP contribution in [0.4, 0.5) is 4.79 Å². The molecule has 1 aromatic rings. The molecule has 5 nitrogen and oxygen atoms in total. The van der Waals surface area contributed by atoms with Crippen LogP contribution in [-0.2, 0) is 11.3 Å². The first-order chi connectivity index (χ1) is 10.8. The van der Waals surface area contributed by atoms with E-state index in [4.69, 9.17) is 4.74 Å². The van der Waals surface area contributed by atoms with Crippen molar-refractivity contribution in [3.63, 3.8) is 0 Å². The van der Waals surface area contributed by atoms with Crippen LogP contribution in [0.15, 0.2) is 24.4 Å². The predicted molar refractivity (Wildman–Crippen MR) is 86.5 cm³/mol. The SMILES string of the molecule is CN(Cc1ccccn1)C(=O)NCCCOC1CCCCC1. The summed E-state index contributed by atoms with van der Waals surface area (Å²) in [5.41, 5.74) is 0.890. The number of rotatable bonds is 7. The molecule has 5 heteroatoms. The Bertz CT molecular complexity index is 433. The Labute approximate surface area is 133 Å². The van der Waals surface area contributed by atoms with Crippen LogP contribution >= 0.6 is 0 Å². The monoisotopic (exact) mass is 305 g/mol. The number of hydrogen-bond donors (Lipinski definition) is 1. The lowest BCUT2D eigenvalue weighted by Gasteiger charge is -2.22. The summed E-state index contributed by atoms with van der Waals surface area (Å²) in [7, 11) is 1.78. The van der Waals surface area contributed by atoms with Gasteiger partial charge in [0.15, 0.2) is 0 Å². The Morgan fingerprint density at radius 2 is 2.18 bits per heavy atom. The first kappa shape index (κ1) is 16.7. The summed E-state index contributed by atoms with van der Waals surface area (Å²) < 4.78 is 5.85. The molecule has 22 heavy (non-hydrogen) atoms. The summed E-state index contributed by atoms with van der Waals surface area (Å²) in [6.45, 7) is 1.90. The number of nitrogens with one attached hydrogen (secondary N) is 1. The summed E-state index contributed by atoms with van der Waals surface area (Å²) >= 11 is 0. The first-order valence-electron chi connectivity index (χ1n) is 8.26. The van der Waals surface area contributed by atoms with E-state index in [-0.39, 0.29) is 6.03 Å². The highest BCUT2D eigenvalue weighted by Crippen LogP contribution is 2.20. The van der Waals surface area contributed by atoms with Gasteiger partial charge in [-0.1, -0.05) is 25.3 Å². The molecule has 2 rings (SSSR count). The zero-order valence-corrected chi connectivity index (χ0v) is 13.5. The molecule has 0 spiro atoms. The molecule has 1 N–H and O–H groups in total. The van der Waals surface area contributed by atoms with E-state index in [1.54, 1.807) is 18.1 Å². The van der Waals surface area contributed by atoms with Crippen molar-refractivity contribution in [3.05, 3.63) is 30.1 Å². The van der Waals surface area contributed by atoms with Gasteiger partial charge in [-0.2, -0.15) is 0 Å². The number of aromatic nitrogens is 1. The third-order valence-electron chi connectivity index (χ3n) is 3.98. The van der Waals surface area contributed by atoms with Gasteiger partial charge in [0.2, 0.25) is 0 Å². The number of nitrogens with zero attached hydrogens (tertiary/aromatic N) is 2. The third-order valence-corrected chi connectivity index (χ3v) is 3.98. The van der Waals surface area contributed by atoms with Gasteiger partial charge < -0.3 is 15.0 Å². The average molecular weight is 305 g/mol. The molecule has 1 fully saturated rings. The topological polar surface area (TPSA) is 54.5 Å². The first-order valence-corrected chi connectivity index (χ1v) is 8.26. The van der Waals surface area contributed by atoms with Crippen molar-refractivity contribution in [2.75, 3.05) is 20.2 Å². The van der Waals surface area contributed by atoms with E-state index in [1.165, 1.54) is 32.1 Å². The highest BCUT2D eigenvalue weighted by molar-refractivity contribution is 5.73. The second-order valence-corrected chi connectivity index (χ2v) is 5.89. The van der Waals surface area contributed by atoms with Gasteiger partial charge in [-0.3, -0.25) is 4.98 Å². The molecular weight excluding hydrogens is 278 g/mol. The second-order valence-electron chi connectivity index (χ2n) is 5.89. The molecule has 0 saturated heterocycles. The molecule has 0 aliphatic heterocycles. The summed E-state index contributed by atoms with van der Waals surface area (Å²) in [5, 5.41) is 2.92. The lowest BCUT2D eigenvalue weighted by Crippen LogP contribution is -2.37. The molecule has 1 saturated carbocycles. The minimum atomic E-state index is -0.0664. The maximum Gasteiger partial charge on any atom is 0.317 e. The van der Waals surface area contributed by atoms with E-state index in [0.717, 1.165) is 18.7 Å². The zero-order valence-electron chi connectivity index (χ0n) is 13.5. The van der Waals surface area contributed by atoms with Crippen molar-refractivity contribution in [3.8, 4) is 0 Å². The maximum absolute atomic E-state index is 12.0. The molecule has 0 unspecified atom stereocenters. The Balaban J connectivity index is 1.55. The largest absolute Gasteiger partial charge is 0.378 e. The molecular formula is C17H27N3O2. The standard InChI is InChI=1S/C17H27N3O2/c1-20(14-15-8-5-6-11-18-15)17(21)19-12-7-13-22-16-9-3-2-4-10-16/h5-6,8,11,16H,2-4,7,9-10,12-14H2,1H3,(H,19,21). The number of ether oxygens (including phenoxy) is 1. The third kappa shape index (κ3) is 6.02. The summed E-state index contributed by atoms with van der Waals surface area (Å²) in [4.78, 5) is 17.8.